The van der Waals surface area contributed by atoms with Gasteiger partial charge in [-0.2, -0.15) is 0 Å². The van der Waals surface area contributed by atoms with Gasteiger partial charge in [-0.3, -0.25) is 4.79 Å². The molecule has 0 radical (unpaired) electrons. The third-order valence-corrected chi connectivity index (χ3v) is 4.28. The second-order valence-electron chi connectivity index (χ2n) is 5.47. The van der Waals surface area contributed by atoms with Crippen LogP contribution >= 0.6 is 0 Å². The van der Waals surface area contributed by atoms with Crippen LogP contribution in [0, 0.1) is 5.41 Å². The summed E-state index contributed by atoms with van der Waals surface area (Å²) in [6, 6.07) is 0.196. The van der Waals surface area contributed by atoms with Gasteiger partial charge in [0.25, 0.3) is 0 Å². The van der Waals surface area contributed by atoms with Gasteiger partial charge in [0, 0.05) is 13.1 Å². The van der Waals surface area contributed by atoms with E-state index in [1.165, 1.54) is 6.42 Å². The van der Waals surface area contributed by atoms with Gasteiger partial charge in [-0.15, -0.1) is 0 Å². The number of nitrogens with two attached hydrogens (primary N) is 1. The largest absolute Gasteiger partial charge is 0.377 e. The fourth-order valence-corrected chi connectivity index (χ4v) is 3.07. The molecule has 1 aliphatic heterocycles. The van der Waals surface area contributed by atoms with Gasteiger partial charge in [0.1, 0.15) is 0 Å². The number of ether oxygens (including phenoxy) is 1. The van der Waals surface area contributed by atoms with Gasteiger partial charge in [0.15, 0.2) is 0 Å². The average molecular weight is 240 g/mol. The lowest BCUT2D eigenvalue weighted by molar-refractivity contribution is -0.151. The molecule has 1 saturated carbocycles. The molecule has 1 atom stereocenters. The predicted octanol–water partition coefficient (Wildman–Crippen LogP) is 1.14. The Morgan fingerprint density at radius 1 is 1.41 bits per heavy atom. The zero-order valence-electron chi connectivity index (χ0n) is 10.8. The van der Waals surface area contributed by atoms with E-state index in [-0.39, 0.29) is 17.4 Å². The summed E-state index contributed by atoms with van der Waals surface area (Å²) in [5, 5.41) is 0. The van der Waals surface area contributed by atoms with E-state index in [4.69, 9.17) is 10.5 Å². The van der Waals surface area contributed by atoms with Crippen molar-refractivity contribution in [1.82, 2.24) is 4.90 Å². The average Bonchev–Trinajstić information content (AvgIpc) is 2.39. The van der Waals surface area contributed by atoms with Crippen molar-refractivity contribution in [3.05, 3.63) is 0 Å². The summed E-state index contributed by atoms with van der Waals surface area (Å²) >= 11 is 0. The fraction of sp³-hybridized carbons (Fsp3) is 0.923. The second kappa shape index (κ2) is 5.36. The van der Waals surface area contributed by atoms with Crippen LogP contribution in [-0.2, 0) is 9.53 Å². The van der Waals surface area contributed by atoms with Crippen LogP contribution in [0.2, 0.25) is 0 Å². The van der Waals surface area contributed by atoms with Crippen molar-refractivity contribution in [2.45, 2.75) is 45.1 Å². The Bertz CT molecular complexity index is 275. The van der Waals surface area contributed by atoms with Crippen molar-refractivity contribution in [3.63, 3.8) is 0 Å². The van der Waals surface area contributed by atoms with Crippen LogP contribution in [0.4, 0.5) is 0 Å². The van der Waals surface area contributed by atoms with Crippen LogP contribution in [0.25, 0.3) is 0 Å². The van der Waals surface area contributed by atoms with E-state index >= 15 is 0 Å². The normalized spacial score (nSPS) is 29.1. The fourth-order valence-electron chi connectivity index (χ4n) is 3.07. The van der Waals surface area contributed by atoms with Gasteiger partial charge in [-0.1, -0.05) is 19.3 Å². The van der Waals surface area contributed by atoms with Crippen LogP contribution in [0.15, 0.2) is 0 Å². The monoisotopic (exact) mass is 240 g/mol. The van der Waals surface area contributed by atoms with Crippen molar-refractivity contribution in [1.29, 1.82) is 0 Å². The molecule has 2 aliphatic rings. The predicted molar refractivity (Wildman–Crippen MR) is 66.6 cm³/mol. The number of nitrogens with zero attached hydrogens (tertiary/aromatic N) is 1. The number of rotatable bonds is 2. The molecular weight excluding hydrogens is 216 g/mol. The number of carbonyl (C=O) groups is 1. The standard InChI is InChI=1S/C13H24N2O2/c1-11-9-17-8-7-15(11)12(16)13(10-14)5-3-2-4-6-13/h11H,2-10,14H2,1H3/t11-/m1/s1. The molecule has 1 aliphatic carbocycles. The first-order chi connectivity index (χ1) is 8.19. The van der Waals surface area contributed by atoms with E-state index in [0.717, 1.165) is 32.2 Å². The lowest BCUT2D eigenvalue weighted by Gasteiger charge is -2.42. The second-order valence-corrected chi connectivity index (χ2v) is 5.47. The number of carbonyl (C=O) groups excluding carboxylic acids is 1. The summed E-state index contributed by atoms with van der Waals surface area (Å²) in [7, 11) is 0. The van der Waals surface area contributed by atoms with Crippen molar-refractivity contribution < 1.29 is 9.53 Å². The van der Waals surface area contributed by atoms with Crippen LogP contribution in [0.5, 0.6) is 0 Å². The molecule has 0 bridgehead atoms. The number of morpholine rings is 1. The van der Waals surface area contributed by atoms with Crippen LogP contribution in [-0.4, -0.2) is 43.2 Å². The highest BCUT2D eigenvalue weighted by Crippen LogP contribution is 2.37. The van der Waals surface area contributed by atoms with Crippen molar-refractivity contribution in [3.8, 4) is 0 Å². The van der Waals surface area contributed by atoms with E-state index < -0.39 is 0 Å². The van der Waals surface area contributed by atoms with Gasteiger partial charge < -0.3 is 15.4 Å². The van der Waals surface area contributed by atoms with Crippen molar-refractivity contribution >= 4 is 5.91 Å². The Kier molecular flexibility index (Phi) is 4.05. The summed E-state index contributed by atoms with van der Waals surface area (Å²) in [5.41, 5.74) is 5.64. The minimum Gasteiger partial charge on any atom is -0.377 e. The molecule has 4 heteroatoms. The maximum Gasteiger partial charge on any atom is 0.230 e. The summed E-state index contributed by atoms with van der Waals surface area (Å²) in [5.74, 6) is 0.274. The molecule has 98 valence electrons. The Balaban J connectivity index is 2.10. The lowest BCUT2D eigenvalue weighted by Crippen LogP contribution is -2.55. The van der Waals surface area contributed by atoms with E-state index in [1.54, 1.807) is 0 Å². The molecule has 0 spiro atoms. The zero-order valence-corrected chi connectivity index (χ0v) is 10.8. The highest BCUT2D eigenvalue weighted by atomic mass is 16.5. The molecule has 2 rings (SSSR count). The topological polar surface area (TPSA) is 55.6 Å². The van der Waals surface area contributed by atoms with Crippen LogP contribution in [0.1, 0.15) is 39.0 Å². The van der Waals surface area contributed by atoms with E-state index in [9.17, 15) is 4.79 Å². The van der Waals surface area contributed by atoms with Gasteiger partial charge in [0.05, 0.1) is 24.7 Å². The highest BCUT2D eigenvalue weighted by Gasteiger charge is 2.42. The van der Waals surface area contributed by atoms with Gasteiger partial charge in [0.2, 0.25) is 5.91 Å². The molecule has 4 nitrogen and oxygen atoms in total. The first kappa shape index (κ1) is 12.8. The Labute approximate surface area is 103 Å². The summed E-state index contributed by atoms with van der Waals surface area (Å²) in [6.07, 6.45) is 5.45. The maximum atomic E-state index is 12.7. The molecule has 0 aromatic heterocycles. The SMILES string of the molecule is C[C@@H]1COCCN1C(=O)C1(CN)CCCCC1. The number of amides is 1. The summed E-state index contributed by atoms with van der Waals surface area (Å²) in [4.78, 5) is 14.7. The Hall–Kier alpha value is -0.610. The number of hydrogen-bond acceptors (Lipinski definition) is 3. The van der Waals surface area contributed by atoms with E-state index in [0.29, 0.717) is 19.8 Å². The smallest absolute Gasteiger partial charge is 0.230 e. The molecule has 0 unspecified atom stereocenters. The van der Waals surface area contributed by atoms with Crippen molar-refractivity contribution in [2.24, 2.45) is 11.1 Å². The molecule has 1 heterocycles. The highest BCUT2D eigenvalue weighted by molar-refractivity contribution is 5.83. The minimum absolute atomic E-state index is 0.196. The Morgan fingerprint density at radius 2 is 2.12 bits per heavy atom. The first-order valence-corrected chi connectivity index (χ1v) is 6.78. The van der Waals surface area contributed by atoms with E-state index in [2.05, 4.69) is 6.92 Å². The van der Waals surface area contributed by atoms with Crippen molar-refractivity contribution in [2.75, 3.05) is 26.3 Å². The molecule has 1 saturated heterocycles. The maximum absolute atomic E-state index is 12.7. The third kappa shape index (κ3) is 2.47. The first-order valence-electron chi connectivity index (χ1n) is 6.78. The number of hydrogen-bond donors (Lipinski definition) is 1. The molecule has 0 aromatic rings. The zero-order chi connectivity index (χ0) is 12.3. The summed E-state index contributed by atoms with van der Waals surface area (Å²) in [6.45, 7) is 4.60. The molecule has 17 heavy (non-hydrogen) atoms. The third-order valence-electron chi connectivity index (χ3n) is 4.28. The quantitative estimate of drug-likeness (QED) is 0.787. The summed E-state index contributed by atoms with van der Waals surface area (Å²) < 4.78 is 5.39. The van der Waals surface area contributed by atoms with Crippen LogP contribution < -0.4 is 5.73 Å². The van der Waals surface area contributed by atoms with Gasteiger partial charge in [-0.25, -0.2) is 0 Å². The molecule has 1 amide bonds. The minimum atomic E-state index is -0.274. The lowest BCUT2D eigenvalue weighted by atomic mass is 9.73. The van der Waals surface area contributed by atoms with E-state index in [1.807, 2.05) is 4.90 Å². The van der Waals surface area contributed by atoms with Crippen LogP contribution in [0.3, 0.4) is 0 Å². The molecule has 2 fully saturated rings. The molecule has 2 N–H and O–H groups in total. The molecule has 0 aromatic carbocycles. The van der Waals surface area contributed by atoms with Gasteiger partial charge >= 0.3 is 0 Å². The Morgan fingerprint density at radius 3 is 2.71 bits per heavy atom. The van der Waals surface area contributed by atoms with Gasteiger partial charge in [-0.05, 0) is 19.8 Å². The molecular formula is C13H24N2O2.